The number of rotatable bonds is 2. The lowest BCUT2D eigenvalue weighted by molar-refractivity contribution is 0.414. The number of halogens is 4. The van der Waals surface area contributed by atoms with E-state index >= 15 is 0 Å². The largest absolute Gasteiger partial charge is 0.451 e. The van der Waals surface area contributed by atoms with Crippen LogP contribution in [-0.4, -0.2) is 10.2 Å². The van der Waals surface area contributed by atoms with Crippen molar-refractivity contribution in [1.29, 1.82) is 0 Å². The highest BCUT2D eigenvalue weighted by molar-refractivity contribution is 6.32. The fourth-order valence-electron chi connectivity index (χ4n) is 1.09. The molecule has 0 bridgehead atoms. The predicted molar refractivity (Wildman–Crippen MR) is 58.5 cm³/mol. The van der Waals surface area contributed by atoms with Gasteiger partial charge >= 0.3 is 0 Å². The SMILES string of the molecule is Fc1cccc(Oc2cc(Cl)nnc2Cl)c1F. The third-order valence-corrected chi connectivity index (χ3v) is 2.27. The molecule has 0 aliphatic carbocycles. The van der Waals surface area contributed by atoms with Gasteiger partial charge in [-0.05, 0) is 12.1 Å². The molecule has 0 saturated carbocycles. The second-order valence-corrected chi connectivity index (χ2v) is 3.72. The van der Waals surface area contributed by atoms with Crippen molar-refractivity contribution in [2.45, 2.75) is 0 Å². The van der Waals surface area contributed by atoms with E-state index in [1.54, 1.807) is 0 Å². The number of nitrogens with zero attached hydrogens (tertiary/aromatic N) is 2. The van der Waals surface area contributed by atoms with E-state index < -0.39 is 11.6 Å². The molecule has 0 N–H and O–H groups in total. The molecule has 88 valence electrons. The van der Waals surface area contributed by atoms with Gasteiger partial charge in [0.15, 0.2) is 27.6 Å². The molecule has 7 heteroatoms. The van der Waals surface area contributed by atoms with E-state index in [2.05, 4.69) is 10.2 Å². The number of hydrogen-bond acceptors (Lipinski definition) is 3. The summed E-state index contributed by atoms with van der Waals surface area (Å²) < 4.78 is 31.3. The molecule has 0 atom stereocenters. The Kier molecular flexibility index (Phi) is 3.40. The van der Waals surface area contributed by atoms with Gasteiger partial charge in [-0.2, -0.15) is 4.39 Å². The van der Waals surface area contributed by atoms with Crippen LogP contribution in [0.2, 0.25) is 10.3 Å². The van der Waals surface area contributed by atoms with Crippen LogP contribution in [-0.2, 0) is 0 Å². The molecule has 2 aromatic rings. The topological polar surface area (TPSA) is 35.0 Å². The van der Waals surface area contributed by atoms with Crippen molar-refractivity contribution in [2.75, 3.05) is 0 Å². The zero-order valence-electron chi connectivity index (χ0n) is 8.12. The van der Waals surface area contributed by atoms with Crippen LogP contribution in [0.3, 0.4) is 0 Å². The Morgan fingerprint density at radius 3 is 2.59 bits per heavy atom. The summed E-state index contributed by atoms with van der Waals surface area (Å²) in [6.45, 7) is 0. The van der Waals surface area contributed by atoms with E-state index in [1.165, 1.54) is 18.2 Å². The number of aromatic nitrogens is 2. The molecule has 2 rings (SSSR count). The second-order valence-electron chi connectivity index (χ2n) is 2.98. The van der Waals surface area contributed by atoms with Crippen molar-refractivity contribution in [2.24, 2.45) is 0 Å². The van der Waals surface area contributed by atoms with Crippen molar-refractivity contribution in [1.82, 2.24) is 10.2 Å². The Bertz CT molecular complexity index is 566. The van der Waals surface area contributed by atoms with Gasteiger partial charge in [-0.25, -0.2) is 4.39 Å². The quantitative estimate of drug-likeness (QED) is 0.836. The van der Waals surface area contributed by atoms with E-state index in [9.17, 15) is 8.78 Å². The van der Waals surface area contributed by atoms with Gasteiger partial charge in [-0.1, -0.05) is 29.3 Å². The zero-order chi connectivity index (χ0) is 12.4. The lowest BCUT2D eigenvalue weighted by Crippen LogP contribution is -1.94. The van der Waals surface area contributed by atoms with Gasteiger partial charge < -0.3 is 4.74 Å². The minimum Gasteiger partial charge on any atom is -0.451 e. The number of ether oxygens (including phenoxy) is 1. The number of benzene rings is 1. The minimum absolute atomic E-state index is 0.00355. The summed E-state index contributed by atoms with van der Waals surface area (Å²) in [5.41, 5.74) is 0. The molecule has 0 radical (unpaired) electrons. The fraction of sp³-hybridized carbons (Fsp3) is 0. The van der Waals surface area contributed by atoms with Crippen molar-refractivity contribution in [3.05, 3.63) is 46.2 Å². The van der Waals surface area contributed by atoms with Crippen molar-refractivity contribution >= 4 is 23.2 Å². The van der Waals surface area contributed by atoms with Crippen LogP contribution < -0.4 is 4.74 Å². The highest BCUT2D eigenvalue weighted by Crippen LogP contribution is 2.30. The second kappa shape index (κ2) is 4.81. The van der Waals surface area contributed by atoms with Gasteiger partial charge in [-0.15, -0.1) is 10.2 Å². The molecule has 1 aromatic heterocycles. The Morgan fingerprint density at radius 2 is 1.82 bits per heavy atom. The standard InChI is InChI=1S/C10H4Cl2F2N2O/c11-8-4-7(10(12)16-15-8)17-6-3-1-2-5(13)9(6)14/h1-4H. The summed E-state index contributed by atoms with van der Waals surface area (Å²) in [6, 6.07) is 4.78. The van der Waals surface area contributed by atoms with Crippen molar-refractivity contribution in [3.8, 4) is 11.5 Å². The summed E-state index contributed by atoms with van der Waals surface area (Å²) in [4.78, 5) is 0. The van der Waals surface area contributed by atoms with E-state index in [0.29, 0.717) is 0 Å². The zero-order valence-corrected chi connectivity index (χ0v) is 9.64. The Balaban J connectivity index is 2.38. The first kappa shape index (κ1) is 12.0. The van der Waals surface area contributed by atoms with Crippen LogP contribution >= 0.6 is 23.2 Å². The highest BCUT2D eigenvalue weighted by Gasteiger charge is 2.12. The molecule has 0 aliphatic rings. The van der Waals surface area contributed by atoms with E-state index in [4.69, 9.17) is 27.9 Å². The van der Waals surface area contributed by atoms with Gasteiger partial charge in [0.2, 0.25) is 5.82 Å². The molecule has 1 aromatic carbocycles. The van der Waals surface area contributed by atoms with Gasteiger partial charge in [0.25, 0.3) is 0 Å². The van der Waals surface area contributed by atoms with Crippen molar-refractivity contribution in [3.63, 3.8) is 0 Å². The van der Waals surface area contributed by atoms with Crippen LogP contribution in [0, 0.1) is 11.6 Å². The van der Waals surface area contributed by atoms with Crippen LogP contribution in [0.5, 0.6) is 11.5 Å². The van der Waals surface area contributed by atoms with Crippen LogP contribution in [0.1, 0.15) is 0 Å². The van der Waals surface area contributed by atoms with Gasteiger partial charge in [0.1, 0.15) is 0 Å². The summed E-state index contributed by atoms with van der Waals surface area (Å²) in [7, 11) is 0. The molecule has 0 aliphatic heterocycles. The average Bonchev–Trinajstić information content (AvgIpc) is 2.30. The average molecular weight is 277 g/mol. The van der Waals surface area contributed by atoms with Gasteiger partial charge in [0, 0.05) is 6.07 Å². The third-order valence-electron chi connectivity index (χ3n) is 1.82. The van der Waals surface area contributed by atoms with Crippen LogP contribution in [0.15, 0.2) is 24.3 Å². The molecule has 3 nitrogen and oxygen atoms in total. The molecule has 0 fully saturated rings. The molecular weight excluding hydrogens is 273 g/mol. The lowest BCUT2D eigenvalue weighted by Gasteiger charge is -2.07. The summed E-state index contributed by atoms with van der Waals surface area (Å²) in [5, 5.41) is 6.86. The summed E-state index contributed by atoms with van der Waals surface area (Å²) in [5.74, 6) is -2.45. The molecular formula is C10H4Cl2F2N2O. The summed E-state index contributed by atoms with van der Waals surface area (Å²) >= 11 is 11.2. The normalized spacial score (nSPS) is 10.4. The predicted octanol–water partition coefficient (Wildman–Crippen LogP) is 3.85. The first-order valence-corrected chi connectivity index (χ1v) is 5.14. The Labute approximate surface area is 105 Å². The summed E-state index contributed by atoms with van der Waals surface area (Å²) in [6.07, 6.45) is 0. The molecule has 0 spiro atoms. The Hall–Kier alpha value is -1.46. The first-order valence-electron chi connectivity index (χ1n) is 4.38. The van der Waals surface area contributed by atoms with E-state index in [0.717, 1.165) is 6.07 Å². The third kappa shape index (κ3) is 2.62. The van der Waals surface area contributed by atoms with E-state index in [1.807, 2.05) is 0 Å². The van der Waals surface area contributed by atoms with Crippen molar-refractivity contribution < 1.29 is 13.5 Å². The van der Waals surface area contributed by atoms with E-state index in [-0.39, 0.29) is 21.8 Å². The minimum atomic E-state index is -1.11. The molecule has 17 heavy (non-hydrogen) atoms. The monoisotopic (exact) mass is 276 g/mol. The lowest BCUT2D eigenvalue weighted by atomic mass is 10.3. The van der Waals surface area contributed by atoms with Crippen LogP contribution in [0.25, 0.3) is 0 Å². The van der Waals surface area contributed by atoms with Gasteiger partial charge in [-0.3, -0.25) is 0 Å². The smallest absolute Gasteiger partial charge is 0.201 e. The highest BCUT2D eigenvalue weighted by atomic mass is 35.5. The number of hydrogen-bond donors (Lipinski definition) is 0. The maximum Gasteiger partial charge on any atom is 0.201 e. The van der Waals surface area contributed by atoms with Crippen LogP contribution in [0.4, 0.5) is 8.78 Å². The maximum atomic E-state index is 13.3. The molecule has 0 saturated heterocycles. The molecule has 0 unspecified atom stereocenters. The fourth-order valence-corrected chi connectivity index (χ4v) is 1.36. The van der Waals surface area contributed by atoms with Gasteiger partial charge in [0.05, 0.1) is 0 Å². The molecule has 0 amide bonds. The molecule has 1 heterocycles. The first-order chi connectivity index (χ1) is 8.08. The Morgan fingerprint density at radius 1 is 1.06 bits per heavy atom. The maximum absolute atomic E-state index is 13.3.